The molecular formula is C27H28N6O3. The third kappa shape index (κ3) is 4.69. The third-order valence-electron chi connectivity index (χ3n) is 5.89. The standard InChI is InChI=1S/C27H28N6O3/c1-15(2)26(35)32-20-11-9-18(10-12-20)23-21(22-24(28)29-14-30-25(22)33(23)4)17-5-7-19(8-6-17)27(36)31-16(3)13-34/h5-12,14,16,34H,1,13H2,2-4H3,(H,31,36)(H,32,35)(H2,28,29,30). The Morgan fingerprint density at radius 1 is 1.08 bits per heavy atom. The average molecular weight is 485 g/mol. The van der Waals surface area contributed by atoms with Crippen LogP contribution in [0.25, 0.3) is 33.4 Å². The van der Waals surface area contributed by atoms with Crippen molar-refractivity contribution in [3.8, 4) is 22.4 Å². The van der Waals surface area contributed by atoms with Crippen molar-refractivity contribution in [2.24, 2.45) is 7.05 Å². The fourth-order valence-electron chi connectivity index (χ4n) is 3.98. The van der Waals surface area contributed by atoms with E-state index in [1.807, 2.05) is 48.0 Å². The van der Waals surface area contributed by atoms with Crippen LogP contribution in [-0.4, -0.2) is 44.1 Å². The van der Waals surface area contributed by atoms with E-state index in [0.717, 1.165) is 22.4 Å². The highest BCUT2D eigenvalue weighted by Gasteiger charge is 2.22. The number of amides is 2. The van der Waals surface area contributed by atoms with E-state index in [9.17, 15) is 14.7 Å². The van der Waals surface area contributed by atoms with Gasteiger partial charge in [0.1, 0.15) is 17.8 Å². The number of nitrogens with two attached hydrogens (primary N) is 1. The van der Waals surface area contributed by atoms with Gasteiger partial charge in [-0.1, -0.05) is 30.8 Å². The largest absolute Gasteiger partial charge is 0.394 e. The molecule has 2 aromatic carbocycles. The minimum atomic E-state index is -0.345. The number of carbonyl (C=O) groups is 2. The summed E-state index contributed by atoms with van der Waals surface area (Å²) in [5.41, 5.74) is 11.9. The second-order valence-electron chi connectivity index (χ2n) is 8.69. The van der Waals surface area contributed by atoms with Gasteiger partial charge in [-0.15, -0.1) is 0 Å². The molecule has 4 aromatic rings. The fourth-order valence-corrected chi connectivity index (χ4v) is 3.98. The molecule has 9 heteroatoms. The maximum atomic E-state index is 12.5. The summed E-state index contributed by atoms with van der Waals surface area (Å²) >= 11 is 0. The van der Waals surface area contributed by atoms with Crippen molar-refractivity contribution < 1.29 is 14.7 Å². The SMILES string of the molecule is C=C(C)C(=O)Nc1ccc(-c2c(-c3ccc(C(=O)NC(C)CO)cc3)c3c(N)ncnc3n2C)cc1. The zero-order valence-electron chi connectivity index (χ0n) is 20.4. The van der Waals surface area contributed by atoms with Crippen molar-refractivity contribution in [3.05, 3.63) is 72.6 Å². The highest BCUT2D eigenvalue weighted by molar-refractivity contribution is 6.08. The number of aliphatic hydroxyl groups excluding tert-OH is 1. The van der Waals surface area contributed by atoms with Crippen LogP contribution in [0.4, 0.5) is 11.5 Å². The maximum absolute atomic E-state index is 12.5. The second kappa shape index (κ2) is 10.0. The highest BCUT2D eigenvalue weighted by atomic mass is 16.3. The number of carbonyl (C=O) groups excluding carboxylic acids is 2. The molecule has 0 spiro atoms. The van der Waals surface area contributed by atoms with Crippen molar-refractivity contribution in [2.45, 2.75) is 19.9 Å². The highest BCUT2D eigenvalue weighted by Crippen LogP contribution is 2.41. The molecule has 0 fully saturated rings. The summed E-state index contributed by atoms with van der Waals surface area (Å²) < 4.78 is 1.95. The number of nitrogens with one attached hydrogen (secondary N) is 2. The Balaban J connectivity index is 1.80. The lowest BCUT2D eigenvalue weighted by Crippen LogP contribution is -2.34. The molecule has 0 saturated heterocycles. The number of hydrogen-bond donors (Lipinski definition) is 4. The molecule has 2 aromatic heterocycles. The quantitative estimate of drug-likeness (QED) is 0.297. The van der Waals surface area contributed by atoms with Gasteiger partial charge in [0.25, 0.3) is 11.8 Å². The molecule has 0 aliphatic rings. The van der Waals surface area contributed by atoms with E-state index < -0.39 is 0 Å². The Labute approximate surface area is 208 Å². The number of aliphatic hydroxyl groups is 1. The van der Waals surface area contributed by atoms with E-state index in [-0.39, 0.29) is 24.5 Å². The molecule has 1 unspecified atom stereocenters. The molecular weight excluding hydrogens is 456 g/mol. The number of rotatable bonds is 7. The topological polar surface area (TPSA) is 135 Å². The van der Waals surface area contributed by atoms with Gasteiger partial charge in [0, 0.05) is 35.5 Å². The molecule has 1 atom stereocenters. The van der Waals surface area contributed by atoms with Gasteiger partial charge >= 0.3 is 0 Å². The third-order valence-corrected chi connectivity index (χ3v) is 5.89. The molecule has 36 heavy (non-hydrogen) atoms. The smallest absolute Gasteiger partial charge is 0.251 e. The van der Waals surface area contributed by atoms with Gasteiger partial charge < -0.3 is 26.0 Å². The lowest BCUT2D eigenvalue weighted by molar-refractivity contribution is -0.112. The van der Waals surface area contributed by atoms with E-state index in [4.69, 9.17) is 5.73 Å². The van der Waals surface area contributed by atoms with Crippen molar-refractivity contribution in [2.75, 3.05) is 17.7 Å². The Hall–Kier alpha value is -4.50. The molecule has 0 bridgehead atoms. The van der Waals surface area contributed by atoms with Crippen LogP contribution in [0.5, 0.6) is 0 Å². The van der Waals surface area contributed by atoms with Gasteiger partial charge in [-0.25, -0.2) is 9.97 Å². The summed E-state index contributed by atoms with van der Waals surface area (Å²) in [4.78, 5) is 33.1. The number of hydrogen-bond acceptors (Lipinski definition) is 6. The Kier molecular flexibility index (Phi) is 6.84. The lowest BCUT2D eigenvalue weighted by Gasteiger charge is -2.12. The van der Waals surface area contributed by atoms with Crippen LogP contribution in [0.1, 0.15) is 24.2 Å². The van der Waals surface area contributed by atoms with Crippen LogP contribution in [0.15, 0.2) is 67.0 Å². The summed E-state index contributed by atoms with van der Waals surface area (Å²) in [6, 6.07) is 14.3. The van der Waals surface area contributed by atoms with E-state index in [1.54, 1.807) is 26.0 Å². The monoisotopic (exact) mass is 484 g/mol. The molecule has 184 valence electrons. The molecule has 0 saturated carbocycles. The van der Waals surface area contributed by atoms with Crippen LogP contribution in [0, 0.1) is 0 Å². The molecule has 9 nitrogen and oxygen atoms in total. The minimum absolute atomic E-state index is 0.141. The maximum Gasteiger partial charge on any atom is 0.251 e. The second-order valence-corrected chi connectivity index (χ2v) is 8.69. The Morgan fingerprint density at radius 3 is 2.33 bits per heavy atom. The van der Waals surface area contributed by atoms with E-state index in [0.29, 0.717) is 33.7 Å². The number of benzene rings is 2. The number of aryl methyl sites for hydroxylation is 1. The van der Waals surface area contributed by atoms with Crippen molar-refractivity contribution in [1.82, 2.24) is 19.9 Å². The van der Waals surface area contributed by atoms with Gasteiger partial charge in [-0.3, -0.25) is 9.59 Å². The van der Waals surface area contributed by atoms with Gasteiger partial charge in [-0.05, 0) is 49.2 Å². The molecule has 0 aliphatic carbocycles. The minimum Gasteiger partial charge on any atom is -0.394 e. The zero-order chi connectivity index (χ0) is 26.0. The van der Waals surface area contributed by atoms with Crippen molar-refractivity contribution in [3.63, 3.8) is 0 Å². The van der Waals surface area contributed by atoms with Crippen LogP contribution >= 0.6 is 0 Å². The van der Waals surface area contributed by atoms with Gasteiger partial charge in [0.15, 0.2) is 0 Å². The predicted octanol–water partition coefficient (Wildman–Crippen LogP) is 3.51. The lowest BCUT2D eigenvalue weighted by atomic mass is 9.97. The molecule has 0 aliphatic heterocycles. The molecule has 2 heterocycles. The van der Waals surface area contributed by atoms with E-state index in [1.165, 1.54) is 6.33 Å². The molecule has 4 rings (SSSR count). The van der Waals surface area contributed by atoms with Crippen molar-refractivity contribution in [1.29, 1.82) is 0 Å². The molecule has 0 radical (unpaired) electrons. The Morgan fingerprint density at radius 2 is 1.72 bits per heavy atom. The molecule has 2 amide bonds. The zero-order valence-corrected chi connectivity index (χ0v) is 20.4. The van der Waals surface area contributed by atoms with Crippen LogP contribution < -0.4 is 16.4 Å². The van der Waals surface area contributed by atoms with Crippen LogP contribution in [-0.2, 0) is 11.8 Å². The van der Waals surface area contributed by atoms with Crippen LogP contribution in [0.2, 0.25) is 0 Å². The first-order valence-corrected chi connectivity index (χ1v) is 11.4. The fraction of sp³-hybridized carbons (Fsp3) is 0.185. The number of fused-ring (bicyclic) bond motifs is 1. The summed E-state index contributed by atoms with van der Waals surface area (Å²) in [6.07, 6.45) is 1.43. The van der Waals surface area contributed by atoms with E-state index >= 15 is 0 Å². The first-order chi connectivity index (χ1) is 17.2. The van der Waals surface area contributed by atoms with Crippen LogP contribution in [0.3, 0.4) is 0 Å². The van der Waals surface area contributed by atoms with Gasteiger partial charge in [0.05, 0.1) is 17.7 Å². The number of aromatic nitrogens is 3. The van der Waals surface area contributed by atoms with Gasteiger partial charge in [-0.2, -0.15) is 0 Å². The normalized spacial score (nSPS) is 11.8. The summed E-state index contributed by atoms with van der Waals surface area (Å²) in [5, 5.41) is 15.5. The first-order valence-electron chi connectivity index (χ1n) is 11.4. The number of anilines is 2. The number of nitrogen functional groups attached to an aromatic ring is 1. The van der Waals surface area contributed by atoms with Crippen molar-refractivity contribution >= 4 is 34.4 Å². The summed E-state index contributed by atoms with van der Waals surface area (Å²) in [6.45, 7) is 6.90. The Bertz CT molecular complexity index is 1460. The predicted molar refractivity (Wildman–Crippen MR) is 141 cm³/mol. The van der Waals surface area contributed by atoms with E-state index in [2.05, 4.69) is 27.2 Å². The number of nitrogens with zero attached hydrogens (tertiary/aromatic N) is 3. The average Bonchev–Trinajstić information content (AvgIpc) is 3.17. The summed E-state index contributed by atoms with van der Waals surface area (Å²) in [5.74, 6) is -0.161. The van der Waals surface area contributed by atoms with Gasteiger partial charge in [0.2, 0.25) is 0 Å². The first kappa shape index (κ1) is 24.6. The molecule has 5 N–H and O–H groups in total. The summed E-state index contributed by atoms with van der Waals surface area (Å²) in [7, 11) is 1.91.